The van der Waals surface area contributed by atoms with E-state index in [1.807, 2.05) is 36.4 Å². The third-order valence-corrected chi connectivity index (χ3v) is 6.83. The number of ether oxygens (including phenoxy) is 2. The van der Waals surface area contributed by atoms with E-state index in [1.165, 1.54) is 4.31 Å². The summed E-state index contributed by atoms with van der Waals surface area (Å²) in [5.74, 6) is 0.671. The van der Waals surface area contributed by atoms with E-state index in [2.05, 4.69) is 20.8 Å². The topological polar surface area (TPSA) is 59.1 Å². The first kappa shape index (κ1) is 21.4. The van der Waals surface area contributed by atoms with Gasteiger partial charge in [-0.2, -0.15) is 0 Å². The summed E-state index contributed by atoms with van der Waals surface area (Å²) in [6, 6.07) is 23.2. The number of anilines is 2. The summed E-state index contributed by atoms with van der Waals surface area (Å²) >= 11 is 0. The minimum absolute atomic E-state index is 0.106. The minimum atomic E-state index is -3.87. The van der Waals surface area contributed by atoms with E-state index >= 15 is 0 Å². The van der Waals surface area contributed by atoms with E-state index < -0.39 is 10.0 Å². The maximum absolute atomic E-state index is 13.9. The van der Waals surface area contributed by atoms with Crippen molar-refractivity contribution in [2.24, 2.45) is 0 Å². The van der Waals surface area contributed by atoms with Crippen LogP contribution >= 0.6 is 0 Å². The number of rotatable bonds is 7. The van der Waals surface area contributed by atoms with Gasteiger partial charge in [0.1, 0.15) is 18.5 Å². The third kappa shape index (κ3) is 4.60. The molecule has 1 atom stereocenters. The van der Waals surface area contributed by atoms with E-state index in [9.17, 15) is 8.42 Å². The van der Waals surface area contributed by atoms with Gasteiger partial charge in [-0.3, -0.25) is 0 Å². The first-order valence-corrected chi connectivity index (χ1v) is 11.8. The van der Waals surface area contributed by atoms with Crippen LogP contribution in [0.5, 0.6) is 5.75 Å². The van der Waals surface area contributed by atoms with Gasteiger partial charge in [-0.05, 0) is 41.8 Å². The fourth-order valence-electron chi connectivity index (χ4n) is 3.58. The predicted octanol–water partition coefficient (Wildman–Crippen LogP) is 5.29. The Morgan fingerprint density at radius 1 is 0.935 bits per heavy atom. The van der Waals surface area contributed by atoms with Crippen molar-refractivity contribution < 1.29 is 17.9 Å². The minimum Gasteiger partial charge on any atom is -0.490 e. The molecule has 3 aromatic carbocycles. The van der Waals surface area contributed by atoms with E-state index in [4.69, 9.17) is 9.47 Å². The lowest BCUT2D eigenvalue weighted by molar-refractivity contribution is 0.258. The molecule has 0 aromatic heterocycles. The Kier molecular flexibility index (Phi) is 5.77. The van der Waals surface area contributed by atoms with Gasteiger partial charge in [-0.1, -0.05) is 63.2 Å². The van der Waals surface area contributed by atoms with Gasteiger partial charge in [0.2, 0.25) is 0 Å². The van der Waals surface area contributed by atoms with Crippen LogP contribution < -0.4 is 9.04 Å². The second-order valence-electron chi connectivity index (χ2n) is 8.58. The largest absolute Gasteiger partial charge is 0.490 e. The van der Waals surface area contributed by atoms with E-state index in [-0.39, 0.29) is 16.4 Å². The molecule has 1 aliphatic heterocycles. The van der Waals surface area contributed by atoms with Crippen molar-refractivity contribution in [2.75, 3.05) is 17.5 Å². The number of benzene rings is 3. The van der Waals surface area contributed by atoms with E-state index in [0.29, 0.717) is 30.3 Å². The fourth-order valence-corrected chi connectivity index (χ4v) is 5.10. The van der Waals surface area contributed by atoms with Crippen molar-refractivity contribution in [1.29, 1.82) is 0 Å². The van der Waals surface area contributed by atoms with E-state index in [1.54, 1.807) is 42.5 Å². The Morgan fingerprint density at radius 3 is 2.13 bits per heavy atom. The first-order chi connectivity index (χ1) is 14.8. The molecule has 6 heteroatoms. The summed E-state index contributed by atoms with van der Waals surface area (Å²) in [6.07, 6.45) is 0.106. The number of hydrogen-bond donors (Lipinski definition) is 0. The highest BCUT2D eigenvalue weighted by Gasteiger charge is 2.34. The maximum atomic E-state index is 13.9. The van der Waals surface area contributed by atoms with Gasteiger partial charge in [0.15, 0.2) is 0 Å². The molecule has 0 bridgehead atoms. The fraction of sp³-hybridized carbons (Fsp3) is 0.280. The summed E-state index contributed by atoms with van der Waals surface area (Å²) in [6.45, 7) is 7.33. The lowest BCUT2D eigenvalue weighted by atomic mass is 9.85. The molecule has 1 aliphatic rings. The Morgan fingerprint density at radius 2 is 1.55 bits per heavy atom. The van der Waals surface area contributed by atoms with Crippen molar-refractivity contribution in [3.05, 3.63) is 84.4 Å². The van der Waals surface area contributed by atoms with Crippen LogP contribution in [-0.2, 0) is 20.2 Å². The van der Waals surface area contributed by atoms with Crippen LogP contribution in [0.3, 0.4) is 0 Å². The van der Waals surface area contributed by atoms with Crippen molar-refractivity contribution in [2.45, 2.75) is 37.2 Å². The molecule has 0 aliphatic carbocycles. The highest BCUT2D eigenvalue weighted by Crippen LogP contribution is 2.44. The van der Waals surface area contributed by atoms with Gasteiger partial charge in [0.25, 0.3) is 10.0 Å². The number of epoxide rings is 1. The van der Waals surface area contributed by atoms with Crippen LogP contribution in [0.4, 0.5) is 11.4 Å². The van der Waals surface area contributed by atoms with Crippen LogP contribution in [0.15, 0.2) is 83.8 Å². The smallest absolute Gasteiger partial charge is 0.268 e. The molecule has 1 saturated heterocycles. The maximum Gasteiger partial charge on any atom is 0.268 e. The van der Waals surface area contributed by atoms with Crippen molar-refractivity contribution in [3.63, 3.8) is 0 Å². The summed E-state index contributed by atoms with van der Waals surface area (Å²) in [5.41, 5.74) is 1.62. The van der Waals surface area contributed by atoms with Gasteiger partial charge in [0.05, 0.1) is 22.9 Å². The molecule has 3 aromatic rings. The molecule has 1 fully saturated rings. The monoisotopic (exact) mass is 437 g/mol. The standard InChI is InChI=1S/C25H27NO4S/c1-25(2,3)24-22(15-10-16-23(24)30-18-20-17-29-20)26(19-11-6-4-7-12-19)31(27,28)21-13-8-5-9-14-21/h4-16,20H,17-18H2,1-3H3. The first-order valence-electron chi connectivity index (χ1n) is 10.3. The molecule has 0 amide bonds. The highest BCUT2D eigenvalue weighted by atomic mass is 32.2. The highest BCUT2D eigenvalue weighted by molar-refractivity contribution is 7.93. The Hall–Kier alpha value is -2.83. The molecule has 162 valence electrons. The predicted molar refractivity (Wildman–Crippen MR) is 123 cm³/mol. The van der Waals surface area contributed by atoms with Gasteiger partial charge in [0, 0.05) is 5.56 Å². The van der Waals surface area contributed by atoms with Gasteiger partial charge < -0.3 is 9.47 Å². The SMILES string of the molecule is CC(C)(C)c1c(OCC2CO2)cccc1N(c1ccccc1)S(=O)(=O)c1ccccc1. The summed E-state index contributed by atoms with van der Waals surface area (Å²) in [7, 11) is -3.87. The van der Waals surface area contributed by atoms with Crippen LogP contribution in [0.1, 0.15) is 26.3 Å². The van der Waals surface area contributed by atoms with Crippen LogP contribution in [0, 0.1) is 0 Å². The van der Waals surface area contributed by atoms with Crippen molar-refractivity contribution >= 4 is 21.4 Å². The number of hydrogen-bond acceptors (Lipinski definition) is 4. The zero-order chi connectivity index (χ0) is 22.1. The average Bonchev–Trinajstić information content (AvgIpc) is 3.57. The number of sulfonamides is 1. The normalized spacial score (nSPS) is 16.0. The number of para-hydroxylation sites is 1. The molecular weight excluding hydrogens is 410 g/mol. The van der Waals surface area contributed by atoms with Gasteiger partial charge >= 0.3 is 0 Å². The van der Waals surface area contributed by atoms with Gasteiger partial charge in [-0.25, -0.2) is 12.7 Å². The Balaban J connectivity index is 1.92. The lowest BCUT2D eigenvalue weighted by Gasteiger charge is -2.32. The molecule has 0 N–H and O–H groups in total. The van der Waals surface area contributed by atoms with Crippen LogP contribution in [-0.4, -0.2) is 27.7 Å². The third-order valence-electron chi connectivity index (χ3n) is 5.07. The Bertz CT molecular complexity index is 1140. The zero-order valence-electron chi connectivity index (χ0n) is 18.0. The summed E-state index contributed by atoms with van der Waals surface area (Å²) in [4.78, 5) is 0.233. The summed E-state index contributed by atoms with van der Waals surface area (Å²) < 4.78 is 40.5. The molecule has 0 radical (unpaired) electrons. The molecule has 5 nitrogen and oxygen atoms in total. The lowest BCUT2D eigenvalue weighted by Crippen LogP contribution is -2.29. The molecule has 1 unspecified atom stereocenters. The van der Waals surface area contributed by atoms with Gasteiger partial charge in [-0.15, -0.1) is 0 Å². The van der Waals surface area contributed by atoms with Crippen molar-refractivity contribution in [1.82, 2.24) is 0 Å². The Labute approximate surface area is 184 Å². The molecular formula is C25H27NO4S. The molecule has 4 rings (SSSR count). The molecule has 31 heavy (non-hydrogen) atoms. The quantitative estimate of drug-likeness (QED) is 0.471. The number of nitrogens with zero attached hydrogens (tertiary/aromatic N) is 1. The molecule has 1 heterocycles. The zero-order valence-corrected chi connectivity index (χ0v) is 18.8. The molecule has 0 spiro atoms. The molecule has 0 saturated carbocycles. The summed E-state index contributed by atoms with van der Waals surface area (Å²) in [5, 5.41) is 0. The average molecular weight is 438 g/mol. The van der Waals surface area contributed by atoms with E-state index in [0.717, 1.165) is 5.56 Å². The second kappa shape index (κ2) is 8.36. The van der Waals surface area contributed by atoms with Crippen LogP contribution in [0.25, 0.3) is 0 Å². The van der Waals surface area contributed by atoms with Crippen LogP contribution in [0.2, 0.25) is 0 Å². The second-order valence-corrected chi connectivity index (χ2v) is 10.4. The van der Waals surface area contributed by atoms with Crippen molar-refractivity contribution in [3.8, 4) is 5.75 Å².